The number of aliphatic hydroxyl groups is 1. The average Bonchev–Trinajstić information content (AvgIpc) is 3.22. The molecule has 0 radical (unpaired) electrons. The molecule has 0 saturated carbocycles. The number of amides is 1. The van der Waals surface area contributed by atoms with Crippen LogP contribution < -0.4 is 5.32 Å². The number of rotatable bonds is 5. The van der Waals surface area contributed by atoms with Gasteiger partial charge in [-0.3, -0.25) is 9.59 Å². The number of carbonyl (C=O) groups excluding carboxylic acids is 2. The molecule has 0 aliphatic carbocycles. The Morgan fingerprint density at radius 2 is 2.11 bits per heavy atom. The Bertz CT molecular complexity index is 897. The lowest BCUT2D eigenvalue weighted by atomic mass is 10.2. The quantitative estimate of drug-likeness (QED) is 0.504. The SMILES string of the molecule is CC(=O)c1cc(C(=O)N2CCC[C@@H]2CO)c(Nc2ccc(I)cc2F)n1C. The average molecular weight is 485 g/mol. The van der Waals surface area contributed by atoms with Crippen molar-refractivity contribution >= 4 is 45.8 Å². The first-order valence-corrected chi connectivity index (χ1v) is 9.76. The lowest BCUT2D eigenvalue weighted by Crippen LogP contribution is -2.37. The zero-order chi connectivity index (χ0) is 19.7. The molecular weight excluding hydrogens is 464 g/mol. The van der Waals surface area contributed by atoms with Gasteiger partial charge in [-0.1, -0.05) is 0 Å². The summed E-state index contributed by atoms with van der Waals surface area (Å²) in [6.07, 6.45) is 1.56. The number of likely N-dealkylation sites (tertiary alicyclic amines) is 1. The molecule has 1 saturated heterocycles. The van der Waals surface area contributed by atoms with E-state index in [1.54, 1.807) is 28.6 Å². The van der Waals surface area contributed by atoms with E-state index in [9.17, 15) is 19.1 Å². The van der Waals surface area contributed by atoms with Gasteiger partial charge in [0.15, 0.2) is 5.78 Å². The van der Waals surface area contributed by atoms with Gasteiger partial charge < -0.3 is 19.9 Å². The standard InChI is InChI=1S/C19H21FIN3O3/c1-11(26)17-9-14(19(27)24-7-3-4-13(24)10-25)18(23(17)2)22-16-6-5-12(21)8-15(16)20/h5-6,8-9,13,22,25H,3-4,7,10H2,1-2H3/t13-/m1/s1. The summed E-state index contributed by atoms with van der Waals surface area (Å²) in [4.78, 5) is 26.7. The molecule has 1 fully saturated rings. The van der Waals surface area contributed by atoms with Gasteiger partial charge in [-0.25, -0.2) is 4.39 Å². The van der Waals surface area contributed by atoms with Gasteiger partial charge in [0.1, 0.15) is 11.6 Å². The number of carbonyl (C=O) groups is 2. The van der Waals surface area contributed by atoms with Crippen molar-refractivity contribution in [3.05, 3.63) is 44.9 Å². The summed E-state index contributed by atoms with van der Waals surface area (Å²) in [7, 11) is 1.66. The van der Waals surface area contributed by atoms with Crippen LogP contribution in [0.3, 0.4) is 0 Å². The van der Waals surface area contributed by atoms with Crippen molar-refractivity contribution < 1.29 is 19.1 Å². The van der Waals surface area contributed by atoms with Crippen molar-refractivity contribution in [2.24, 2.45) is 7.05 Å². The molecular formula is C19H21FIN3O3. The summed E-state index contributed by atoms with van der Waals surface area (Å²) in [5, 5.41) is 12.5. The number of aliphatic hydroxyl groups excluding tert-OH is 1. The number of hydrogen-bond donors (Lipinski definition) is 2. The minimum absolute atomic E-state index is 0.105. The maximum Gasteiger partial charge on any atom is 0.257 e. The fourth-order valence-electron chi connectivity index (χ4n) is 3.42. The van der Waals surface area contributed by atoms with E-state index in [4.69, 9.17) is 0 Å². The predicted molar refractivity (Wildman–Crippen MR) is 109 cm³/mol. The van der Waals surface area contributed by atoms with Gasteiger partial charge >= 0.3 is 0 Å². The number of nitrogens with one attached hydrogen (secondary N) is 1. The third kappa shape index (κ3) is 3.86. The highest BCUT2D eigenvalue weighted by molar-refractivity contribution is 14.1. The van der Waals surface area contributed by atoms with Crippen LogP contribution in [0.1, 0.15) is 40.6 Å². The Labute approximate surface area is 170 Å². The first kappa shape index (κ1) is 19.8. The zero-order valence-corrected chi connectivity index (χ0v) is 17.3. The Kier molecular flexibility index (Phi) is 5.85. The zero-order valence-electron chi connectivity index (χ0n) is 15.1. The van der Waals surface area contributed by atoms with Gasteiger partial charge in [0, 0.05) is 24.1 Å². The van der Waals surface area contributed by atoms with E-state index in [0.717, 1.165) is 16.4 Å². The molecule has 1 aliphatic rings. The highest BCUT2D eigenvalue weighted by Gasteiger charge is 2.32. The number of Topliss-reactive ketones (excluding diaryl/α,β-unsaturated/α-hetero) is 1. The second-order valence-electron chi connectivity index (χ2n) is 6.63. The number of aromatic nitrogens is 1. The molecule has 0 spiro atoms. The van der Waals surface area contributed by atoms with Gasteiger partial charge in [0.25, 0.3) is 5.91 Å². The van der Waals surface area contributed by atoms with Gasteiger partial charge in [-0.15, -0.1) is 0 Å². The van der Waals surface area contributed by atoms with E-state index in [1.807, 2.05) is 22.6 Å². The molecule has 3 rings (SSSR count). The van der Waals surface area contributed by atoms with Crippen LogP contribution in [0.4, 0.5) is 15.9 Å². The van der Waals surface area contributed by atoms with Crippen molar-refractivity contribution in [3.63, 3.8) is 0 Å². The maximum atomic E-state index is 14.3. The van der Waals surface area contributed by atoms with Gasteiger partial charge in [0.05, 0.1) is 29.6 Å². The molecule has 0 unspecified atom stereocenters. The topological polar surface area (TPSA) is 74.6 Å². The fraction of sp³-hybridized carbons (Fsp3) is 0.368. The number of halogens is 2. The van der Waals surface area contributed by atoms with Crippen molar-refractivity contribution in [1.82, 2.24) is 9.47 Å². The number of anilines is 2. The Morgan fingerprint density at radius 1 is 1.37 bits per heavy atom. The van der Waals surface area contributed by atoms with E-state index in [2.05, 4.69) is 5.32 Å². The van der Waals surface area contributed by atoms with Crippen LogP contribution in [0, 0.1) is 9.39 Å². The molecule has 2 heterocycles. The van der Waals surface area contributed by atoms with E-state index >= 15 is 0 Å². The summed E-state index contributed by atoms with van der Waals surface area (Å²) in [5.41, 5.74) is 0.869. The largest absolute Gasteiger partial charge is 0.394 e. The van der Waals surface area contributed by atoms with Crippen LogP contribution in [0.25, 0.3) is 0 Å². The molecule has 1 aromatic carbocycles. The summed E-state index contributed by atoms with van der Waals surface area (Å²) >= 11 is 2.02. The monoisotopic (exact) mass is 485 g/mol. The third-order valence-electron chi connectivity index (χ3n) is 4.86. The van der Waals surface area contributed by atoms with E-state index < -0.39 is 5.82 Å². The summed E-state index contributed by atoms with van der Waals surface area (Å²) in [6.45, 7) is 1.86. The number of hydrogen-bond acceptors (Lipinski definition) is 4. The van der Waals surface area contributed by atoms with Crippen molar-refractivity contribution in [2.45, 2.75) is 25.8 Å². The molecule has 27 heavy (non-hydrogen) atoms. The first-order valence-electron chi connectivity index (χ1n) is 8.68. The first-order chi connectivity index (χ1) is 12.8. The third-order valence-corrected chi connectivity index (χ3v) is 5.53. The van der Waals surface area contributed by atoms with E-state index in [0.29, 0.717) is 23.6 Å². The fourth-order valence-corrected chi connectivity index (χ4v) is 3.87. The van der Waals surface area contributed by atoms with Crippen molar-refractivity contribution in [2.75, 3.05) is 18.5 Å². The molecule has 2 N–H and O–H groups in total. The van der Waals surface area contributed by atoms with Gasteiger partial charge in [0.2, 0.25) is 0 Å². The highest BCUT2D eigenvalue weighted by Crippen LogP contribution is 2.30. The highest BCUT2D eigenvalue weighted by atomic mass is 127. The molecule has 1 aliphatic heterocycles. The maximum absolute atomic E-state index is 14.3. The Morgan fingerprint density at radius 3 is 2.74 bits per heavy atom. The molecule has 1 amide bonds. The van der Waals surface area contributed by atoms with Crippen LogP contribution in [-0.4, -0.2) is 45.5 Å². The normalized spacial score (nSPS) is 16.6. The van der Waals surface area contributed by atoms with Gasteiger partial charge in [-0.2, -0.15) is 0 Å². The van der Waals surface area contributed by atoms with E-state index in [-0.39, 0.29) is 30.0 Å². The summed E-state index contributed by atoms with van der Waals surface area (Å²) < 4.78 is 16.6. The molecule has 144 valence electrons. The summed E-state index contributed by atoms with van der Waals surface area (Å²) in [6, 6.07) is 6.04. The molecule has 6 nitrogen and oxygen atoms in total. The lowest BCUT2D eigenvalue weighted by molar-refractivity contribution is 0.0678. The number of nitrogens with zero attached hydrogens (tertiary/aromatic N) is 2. The second-order valence-corrected chi connectivity index (χ2v) is 7.88. The number of benzene rings is 1. The summed E-state index contributed by atoms with van der Waals surface area (Å²) in [5.74, 6) is -0.555. The van der Waals surface area contributed by atoms with Crippen LogP contribution >= 0.6 is 22.6 Å². The predicted octanol–water partition coefficient (Wildman–Crippen LogP) is 3.31. The van der Waals surface area contributed by atoms with Crippen molar-refractivity contribution in [1.29, 1.82) is 0 Å². The minimum Gasteiger partial charge on any atom is -0.394 e. The smallest absolute Gasteiger partial charge is 0.257 e. The van der Waals surface area contributed by atoms with E-state index in [1.165, 1.54) is 19.1 Å². The van der Waals surface area contributed by atoms with Crippen LogP contribution in [0.2, 0.25) is 0 Å². The molecule has 1 atom stereocenters. The lowest BCUT2D eigenvalue weighted by Gasteiger charge is -2.23. The van der Waals surface area contributed by atoms with Crippen LogP contribution in [0.15, 0.2) is 24.3 Å². The second kappa shape index (κ2) is 7.97. The van der Waals surface area contributed by atoms with Crippen molar-refractivity contribution in [3.8, 4) is 0 Å². The number of ketones is 1. The minimum atomic E-state index is -0.444. The van der Waals surface area contributed by atoms with Gasteiger partial charge in [-0.05, 0) is 59.7 Å². The van der Waals surface area contributed by atoms with Crippen LogP contribution in [0.5, 0.6) is 0 Å². The molecule has 1 aromatic heterocycles. The Balaban J connectivity index is 2.04. The molecule has 2 aromatic rings. The molecule has 8 heteroatoms. The molecule has 0 bridgehead atoms. The Hall–Kier alpha value is -1.94. The van der Waals surface area contributed by atoms with Crippen LogP contribution in [-0.2, 0) is 7.05 Å².